The molecule has 0 N–H and O–H groups in total. The zero-order chi connectivity index (χ0) is 11.9. The fraction of sp³-hybridized carbons (Fsp3) is 0.286. The van der Waals surface area contributed by atoms with Gasteiger partial charge < -0.3 is 4.43 Å². The van der Waals surface area contributed by atoms with Crippen molar-refractivity contribution in [1.82, 2.24) is 0 Å². The Labute approximate surface area is 99.6 Å². The Morgan fingerprint density at radius 3 is 2.12 bits per heavy atom. The smallest absolute Gasteiger partial charge is 0.203 e. The van der Waals surface area contributed by atoms with Crippen LogP contribution >= 0.6 is 0 Å². The molecule has 0 bridgehead atoms. The second-order valence-corrected chi connectivity index (χ2v) is 7.98. The monoisotopic (exact) mass is 232 g/mol. The summed E-state index contributed by atoms with van der Waals surface area (Å²) in [7, 11) is 0.0752. The van der Waals surface area contributed by atoms with Crippen molar-refractivity contribution < 1.29 is 4.43 Å². The van der Waals surface area contributed by atoms with E-state index in [1.807, 2.05) is 25.3 Å². The highest BCUT2D eigenvalue weighted by molar-refractivity contribution is 6.74. The van der Waals surface area contributed by atoms with Gasteiger partial charge in [-0.05, 0) is 23.7 Å². The first-order chi connectivity index (χ1) is 7.76. The van der Waals surface area contributed by atoms with Crippen LogP contribution in [0, 0.1) is 0 Å². The van der Waals surface area contributed by atoms with Crippen molar-refractivity contribution in [2.24, 2.45) is 0 Å². The summed E-state index contributed by atoms with van der Waals surface area (Å²) in [6, 6.07) is 13.5. The van der Waals surface area contributed by atoms with Crippen LogP contribution in [0.1, 0.15) is 5.56 Å². The van der Waals surface area contributed by atoms with Gasteiger partial charge in [-0.25, -0.2) is 0 Å². The van der Waals surface area contributed by atoms with Crippen LogP contribution in [0.4, 0.5) is 0 Å². The molecule has 0 saturated carbocycles. The molecule has 0 aliphatic rings. The molecule has 0 spiro atoms. The van der Waals surface area contributed by atoms with Crippen LogP contribution in [0.3, 0.4) is 0 Å². The minimum absolute atomic E-state index is 0.977. The first-order valence-electron chi connectivity index (χ1n) is 5.57. The lowest BCUT2D eigenvalue weighted by atomic mass is 10.2. The SMILES string of the molecule is C=CC[Si](CC=C)(Cc1ccccc1)OC. The number of hydrogen-bond donors (Lipinski definition) is 0. The second-order valence-electron chi connectivity index (χ2n) is 4.04. The summed E-state index contributed by atoms with van der Waals surface area (Å²) in [5.74, 6) is 0. The predicted molar refractivity (Wildman–Crippen MR) is 72.9 cm³/mol. The minimum atomic E-state index is -1.75. The molecule has 0 radical (unpaired) electrons. The van der Waals surface area contributed by atoms with E-state index >= 15 is 0 Å². The molecule has 0 aliphatic carbocycles. The zero-order valence-corrected chi connectivity index (χ0v) is 11.0. The van der Waals surface area contributed by atoms with E-state index in [0.29, 0.717) is 0 Å². The first-order valence-corrected chi connectivity index (χ1v) is 8.10. The number of hydrogen-bond acceptors (Lipinski definition) is 1. The average molecular weight is 232 g/mol. The third kappa shape index (κ3) is 3.47. The second kappa shape index (κ2) is 6.46. The predicted octanol–water partition coefficient (Wildman–Crippen LogP) is 3.73. The van der Waals surface area contributed by atoms with E-state index in [0.717, 1.165) is 18.1 Å². The lowest BCUT2D eigenvalue weighted by Crippen LogP contribution is -2.39. The highest BCUT2D eigenvalue weighted by Gasteiger charge is 2.31. The number of benzene rings is 1. The van der Waals surface area contributed by atoms with Gasteiger partial charge in [0, 0.05) is 7.11 Å². The highest BCUT2D eigenvalue weighted by Crippen LogP contribution is 2.22. The average Bonchev–Trinajstić information content (AvgIpc) is 2.31. The van der Waals surface area contributed by atoms with E-state index in [1.54, 1.807) is 0 Å². The normalized spacial score (nSPS) is 11.1. The van der Waals surface area contributed by atoms with Crippen molar-refractivity contribution in [3.8, 4) is 0 Å². The molecule has 0 unspecified atom stereocenters. The van der Waals surface area contributed by atoms with E-state index in [9.17, 15) is 0 Å². The Morgan fingerprint density at radius 1 is 1.12 bits per heavy atom. The Bertz CT molecular complexity index is 322. The molecule has 0 aliphatic heterocycles. The van der Waals surface area contributed by atoms with Gasteiger partial charge in [0.05, 0.1) is 0 Å². The fourth-order valence-corrected chi connectivity index (χ4v) is 4.93. The van der Waals surface area contributed by atoms with Crippen molar-refractivity contribution in [3.63, 3.8) is 0 Å². The van der Waals surface area contributed by atoms with Gasteiger partial charge in [-0.3, -0.25) is 0 Å². The highest BCUT2D eigenvalue weighted by atomic mass is 28.4. The Hall–Kier alpha value is -1.12. The van der Waals surface area contributed by atoms with Gasteiger partial charge in [-0.1, -0.05) is 42.5 Å². The summed E-state index contributed by atoms with van der Waals surface area (Å²) in [6.45, 7) is 7.68. The van der Waals surface area contributed by atoms with Crippen LogP contribution in [0.5, 0.6) is 0 Å². The van der Waals surface area contributed by atoms with Gasteiger partial charge >= 0.3 is 0 Å². The molecule has 0 saturated heterocycles. The van der Waals surface area contributed by atoms with Crippen LogP contribution < -0.4 is 0 Å². The van der Waals surface area contributed by atoms with Crippen LogP contribution in [0.15, 0.2) is 55.6 Å². The maximum absolute atomic E-state index is 5.82. The zero-order valence-electron chi connectivity index (χ0n) is 9.99. The largest absolute Gasteiger partial charge is 0.419 e. The lowest BCUT2D eigenvalue weighted by Gasteiger charge is -2.27. The molecule has 1 aromatic carbocycles. The summed E-state index contributed by atoms with van der Waals surface area (Å²) in [4.78, 5) is 0. The number of allylic oxidation sites excluding steroid dienone is 2. The lowest BCUT2D eigenvalue weighted by molar-refractivity contribution is 0.395. The van der Waals surface area contributed by atoms with Crippen molar-refractivity contribution in [3.05, 3.63) is 61.2 Å². The van der Waals surface area contributed by atoms with Gasteiger partial charge in [0.1, 0.15) is 0 Å². The van der Waals surface area contributed by atoms with Crippen molar-refractivity contribution in [1.29, 1.82) is 0 Å². The molecule has 1 aromatic rings. The van der Waals surface area contributed by atoms with Gasteiger partial charge in [-0.2, -0.15) is 0 Å². The van der Waals surface area contributed by atoms with Crippen LogP contribution in [0.25, 0.3) is 0 Å². The summed E-state index contributed by atoms with van der Waals surface area (Å²) in [6.07, 6.45) is 3.95. The van der Waals surface area contributed by atoms with Gasteiger partial charge in [0.15, 0.2) is 0 Å². The van der Waals surface area contributed by atoms with Crippen LogP contribution in [-0.4, -0.2) is 15.4 Å². The summed E-state index contributed by atoms with van der Waals surface area (Å²) in [5.41, 5.74) is 1.35. The molecule has 2 heteroatoms. The van der Waals surface area contributed by atoms with E-state index in [-0.39, 0.29) is 0 Å². The molecule has 16 heavy (non-hydrogen) atoms. The molecule has 0 heterocycles. The first kappa shape index (κ1) is 12.9. The maximum Gasteiger partial charge on any atom is 0.203 e. The maximum atomic E-state index is 5.82. The third-order valence-corrected chi connectivity index (χ3v) is 6.82. The number of rotatable bonds is 7. The molecule has 0 amide bonds. The molecule has 0 fully saturated rings. The fourth-order valence-electron chi connectivity index (χ4n) is 1.96. The third-order valence-electron chi connectivity index (χ3n) is 2.83. The summed E-state index contributed by atoms with van der Waals surface area (Å²) >= 11 is 0. The molecule has 1 rings (SSSR count). The topological polar surface area (TPSA) is 9.23 Å². The standard InChI is InChI=1S/C14H20OSi/c1-4-11-16(15-3,12-5-2)13-14-9-7-6-8-10-14/h4-10H,1-2,11-13H2,3H3. The molecule has 1 nitrogen and oxygen atoms in total. The Morgan fingerprint density at radius 2 is 1.69 bits per heavy atom. The Kier molecular flexibility index (Phi) is 5.22. The van der Waals surface area contributed by atoms with Crippen LogP contribution in [0.2, 0.25) is 12.1 Å². The molecular weight excluding hydrogens is 212 g/mol. The summed E-state index contributed by atoms with van der Waals surface area (Å²) in [5, 5.41) is 0. The van der Waals surface area contributed by atoms with E-state index in [2.05, 4.69) is 37.4 Å². The quantitative estimate of drug-likeness (QED) is 0.514. The van der Waals surface area contributed by atoms with Crippen molar-refractivity contribution in [2.75, 3.05) is 7.11 Å². The molecule has 0 aromatic heterocycles. The van der Waals surface area contributed by atoms with Crippen LogP contribution in [-0.2, 0) is 10.5 Å². The molecular formula is C14H20OSi. The van der Waals surface area contributed by atoms with Gasteiger partial charge in [-0.15, -0.1) is 13.2 Å². The summed E-state index contributed by atoms with van der Waals surface area (Å²) < 4.78 is 5.82. The van der Waals surface area contributed by atoms with E-state index < -0.39 is 8.32 Å². The van der Waals surface area contributed by atoms with Crippen molar-refractivity contribution >= 4 is 8.32 Å². The molecule has 86 valence electrons. The minimum Gasteiger partial charge on any atom is -0.419 e. The molecule has 0 atom stereocenters. The van der Waals surface area contributed by atoms with E-state index in [4.69, 9.17) is 4.43 Å². The van der Waals surface area contributed by atoms with Crippen molar-refractivity contribution in [2.45, 2.75) is 18.1 Å². The van der Waals surface area contributed by atoms with Gasteiger partial charge in [0.2, 0.25) is 8.32 Å². The van der Waals surface area contributed by atoms with Gasteiger partial charge in [0.25, 0.3) is 0 Å². The van der Waals surface area contributed by atoms with E-state index in [1.165, 1.54) is 5.56 Å². The Balaban J connectivity index is 2.84.